The second-order valence-electron chi connectivity index (χ2n) is 8.51. The summed E-state index contributed by atoms with van der Waals surface area (Å²) in [6.45, 7) is 2.74. The molecule has 0 saturated heterocycles. The number of hydrogen-bond donors (Lipinski definition) is 4. The third-order valence-corrected chi connectivity index (χ3v) is 6.08. The monoisotopic (exact) mass is 529 g/mol. The first-order valence-electron chi connectivity index (χ1n) is 12.0. The molecule has 0 aliphatic heterocycles. The van der Waals surface area contributed by atoms with Crippen molar-refractivity contribution in [3.8, 4) is 17.1 Å². The minimum absolute atomic E-state index is 0.274. The van der Waals surface area contributed by atoms with Crippen LogP contribution in [0.4, 0.5) is 11.4 Å². The van der Waals surface area contributed by atoms with Crippen molar-refractivity contribution >= 4 is 45.7 Å². The molecule has 0 radical (unpaired) electrons. The summed E-state index contributed by atoms with van der Waals surface area (Å²) in [7, 11) is 0. The minimum Gasteiger partial charge on any atom is -0.494 e. The molecule has 0 aliphatic carbocycles. The Morgan fingerprint density at radius 3 is 2.55 bits per heavy atom. The molecule has 3 aromatic carbocycles. The maximum Gasteiger partial charge on any atom is 0.272 e. The fourth-order valence-corrected chi connectivity index (χ4v) is 4.06. The number of fused-ring (bicyclic) bond motifs is 1. The standard InChI is InChI=1S/C27H24ClN7O3/c1-2-3-13-38-19-10-7-16(8-11-19)26(36)31-22-6-4-5-17-14-23(29-24(17)22)27(37)30-21-12-9-18(28)15-20(21)25-32-34-35-33-25/h4-12,14-15,29H,2-3,13H2,1H3,(H,30,37)(H,31,36)(H,32,33,34,35). The molecule has 0 unspecified atom stereocenters. The largest absolute Gasteiger partial charge is 0.494 e. The van der Waals surface area contributed by atoms with E-state index in [4.69, 9.17) is 16.3 Å². The van der Waals surface area contributed by atoms with Gasteiger partial charge in [-0.25, -0.2) is 0 Å². The second kappa shape index (κ2) is 11.1. The highest BCUT2D eigenvalue weighted by Crippen LogP contribution is 2.29. The Kier molecular flexibility index (Phi) is 7.32. The quantitative estimate of drug-likeness (QED) is 0.181. The number of nitrogens with one attached hydrogen (secondary N) is 4. The molecule has 0 atom stereocenters. The summed E-state index contributed by atoms with van der Waals surface area (Å²) in [5, 5.41) is 20.9. The molecule has 11 heteroatoms. The molecule has 2 amide bonds. The number of carbonyl (C=O) groups is 2. The van der Waals surface area contributed by atoms with E-state index in [9.17, 15) is 9.59 Å². The molecular weight excluding hydrogens is 506 g/mol. The number of rotatable bonds is 9. The Balaban J connectivity index is 1.33. The van der Waals surface area contributed by atoms with Crippen molar-refractivity contribution in [2.45, 2.75) is 19.8 Å². The Morgan fingerprint density at radius 1 is 0.974 bits per heavy atom. The maximum absolute atomic E-state index is 13.1. The topological polar surface area (TPSA) is 138 Å². The third kappa shape index (κ3) is 5.50. The van der Waals surface area contributed by atoms with Crippen molar-refractivity contribution in [3.63, 3.8) is 0 Å². The summed E-state index contributed by atoms with van der Waals surface area (Å²) in [4.78, 5) is 29.2. The zero-order valence-electron chi connectivity index (χ0n) is 20.4. The number of aromatic nitrogens is 5. The molecule has 5 rings (SSSR count). The molecule has 2 aromatic heterocycles. The van der Waals surface area contributed by atoms with Crippen molar-refractivity contribution in [1.29, 1.82) is 0 Å². The number of amides is 2. The number of hydrogen-bond acceptors (Lipinski definition) is 6. The summed E-state index contributed by atoms with van der Waals surface area (Å²) >= 11 is 6.13. The van der Waals surface area contributed by atoms with Gasteiger partial charge in [0, 0.05) is 21.5 Å². The third-order valence-electron chi connectivity index (χ3n) is 5.85. The number of tetrazole rings is 1. The Bertz CT molecular complexity index is 1580. The molecule has 4 N–H and O–H groups in total. The summed E-state index contributed by atoms with van der Waals surface area (Å²) in [5.41, 5.74) is 2.96. The van der Waals surface area contributed by atoms with Crippen LogP contribution >= 0.6 is 11.6 Å². The number of aromatic amines is 2. The average Bonchev–Trinajstić information content (AvgIpc) is 3.61. The van der Waals surface area contributed by atoms with Gasteiger partial charge in [-0.1, -0.05) is 37.1 Å². The number of halogens is 1. The molecule has 192 valence electrons. The number of anilines is 2. The van der Waals surface area contributed by atoms with Crippen LogP contribution in [0.1, 0.15) is 40.6 Å². The van der Waals surface area contributed by atoms with Crippen molar-refractivity contribution in [2.24, 2.45) is 0 Å². The van der Waals surface area contributed by atoms with E-state index in [1.165, 1.54) is 0 Å². The summed E-state index contributed by atoms with van der Waals surface area (Å²) in [5.74, 6) is 0.360. The zero-order valence-corrected chi connectivity index (χ0v) is 21.2. The summed E-state index contributed by atoms with van der Waals surface area (Å²) in [6, 6.07) is 19.1. The highest BCUT2D eigenvalue weighted by Gasteiger charge is 2.17. The van der Waals surface area contributed by atoms with Gasteiger partial charge in [-0.15, -0.1) is 10.2 Å². The normalized spacial score (nSPS) is 10.9. The van der Waals surface area contributed by atoms with Gasteiger partial charge in [0.2, 0.25) is 5.82 Å². The number of nitrogens with zero attached hydrogens (tertiary/aromatic N) is 3. The van der Waals surface area contributed by atoms with E-state index in [0.717, 1.165) is 24.0 Å². The first-order chi connectivity index (χ1) is 18.5. The number of H-pyrrole nitrogens is 2. The fraction of sp³-hybridized carbons (Fsp3) is 0.148. The van der Waals surface area contributed by atoms with Crippen LogP contribution in [0.5, 0.6) is 5.75 Å². The van der Waals surface area contributed by atoms with Gasteiger partial charge in [-0.2, -0.15) is 5.21 Å². The lowest BCUT2D eigenvalue weighted by Crippen LogP contribution is -2.13. The van der Waals surface area contributed by atoms with Gasteiger partial charge in [-0.05, 0) is 66.2 Å². The van der Waals surface area contributed by atoms with Crippen LogP contribution in [0.2, 0.25) is 5.02 Å². The van der Waals surface area contributed by atoms with Crippen molar-refractivity contribution in [1.82, 2.24) is 25.6 Å². The molecule has 5 aromatic rings. The fourth-order valence-electron chi connectivity index (χ4n) is 3.89. The number of para-hydroxylation sites is 1. The predicted molar refractivity (Wildman–Crippen MR) is 146 cm³/mol. The smallest absolute Gasteiger partial charge is 0.272 e. The van der Waals surface area contributed by atoms with E-state index in [1.807, 2.05) is 12.1 Å². The van der Waals surface area contributed by atoms with Gasteiger partial charge in [0.25, 0.3) is 11.8 Å². The Hall–Kier alpha value is -4.70. The molecule has 10 nitrogen and oxygen atoms in total. The lowest BCUT2D eigenvalue weighted by molar-refractivity contribution is 0.101. The highest BCUT2D eigenvalue weighted by molar-refractivity contribution is 6.31. The molecule has 0 bridgehead atoms. The summed E-state index contributed by atoms with van der Waals surface area (Å²) in [6.07, 6.45) is 2.03. The van der Waals surface area contributed by atoms with Gasteiger partial charge < -0.3 is 20.4 Å². The van der Waals surface area contributed by atoms with Gasteiger partial charge >= 0.3 is 0 Å². The van der Waals surface area contributed by atoms with E-state index >= 15 is 0 Å². The Morgan fingerprint density at radius 2 is 1.79 bits per heavy atom. The maximum atomic E-state index is 13.1. The molecule has 38 heavy (non-hydrogen) atoms. The van der Waals surface area contributed by atoms with Crippen LogP contribution in [0.15, 0.2) is 66.7 Å². The lowest BCUT2D eigenvalue weighted by atomic mass is 10.1. The van der Waals surface area contributed by atoms with E-state index in [-0.39, 0.29) is 11.8 Å². The molecule has 0 saturated carbocycles. The molecule has 0 spiro atoms. The summed E-state index contributed by atoms with van der Waals surface area (Å²) < 4.78 is 5.67. The van der Waals surface area contributed by atoms with Crippen molar-refractivity contribution < 1.29 is 14.3 Å². The number of unbranched alkanes of at least 4 members (excludes halogenated alkanes) is 1. The number of ether oxygens (including phenoxy) is 1. The van der Waals surface area contributed by atoms with Crippen molar-refractivity contribution in [3.05, 3.63) is 83.0 Å². The highest BCUT2D eigenvalue weighted by atomic mass is 35.5. The molecule has 0 fully saturated rings. The molecule has 0 aliphatic rings. The lowest BCUT2D eigenvalue weighted by Gasteiger charge is -2.09. The van der Waals surface area contributed by atoms with E-state index < -0.39 is 0 Å². The van der Waals surface area contributed by atoms with E-state index in [0.29, 0.717) is 51.2 Å². The van der Waals surface area contributed by atoms with Crippen LogP contribution in [0.3, 0.4) is 0 Å². The number of carbonyl (C=O) groups excluding carboxylic acids is 2. The van der Waals surface area contributed by atoms with Crippen LogP contribution < -0.4 is 15.4 Å². The van der Waals surface area contributed by atoms with Gasteiger partial charge in [0.15, 0.2) is 0 Å². The van der Waals surface area contributed by atoms with Crippen molar-refractivity contribution in [2.75, 3.05) is 17.2 Å². The SMILES string of the molecule is CCCCOc1ccc(C(=O)Nc2cccc3cc(C(=O)Nc4ccc(Cl)cc4-c4nn[nH]n4)[nH]c23)cc1. The second-order valence-corrected chi connectivity index (χ2v) is 8.95. The average molecular weight is 530 g/mol. The van der Waals surface area contributed by atoms with Gasteiger partial charge in [0.05, 0.1) is 23.5 Å². The first kappa shape index (κ1) is 25.0. The van der Waals surface area contributed by atoms with Crippen LogP contribution in [-0.2, 0) is 0 Å². The van der Waals surface area contributed by atoms with Crippen LogP contribution in [-0.4, -0.2) is 44.0 Å². The van der Waals surface area contributed by atoms with E-state index in [2.05, 4.69) is 43.2 Å². The zero-order chi connectivity index (χ0) is 26.5. The van der Waals surface area contributed by atoms with Crippen LogP contribution in [0, 0.1) is 0 Å². The van der Waals surface area contributed by atoms with Gasteiger partial charge in [-0.3, -0.25) is 9.59 Å². The number of benzene rings is 3. The predicted octanol–water partition coefficient (Wildman–Crippen LogP) is 5.68. The van der Waals surface area contributed by atoms with Gasteiger partial charge in [0.1, 0.15) is 11.4 Å². The van der Waals surface area contributed by atoms with E-state index in [1.54, 1.807) is 54.6 Å². The Labute approximate surface area is 222 Å². The first-order valence-corrected chi connectivity index (χ1v) is 12.4. The molecule has 2 heterocycles. The minimum atomic E-state index is -0.385. The molecular formula is C27H24ClN7O3. The van der Waals surface area contributed by atoms with Crippen LogP contribution in [0.25, 0.3) is 22.3 Å².